The maximum absolute atomic E-state index is 12.0. The zero-order chi connectivity index (χ0) is 15.5. The number of nitrogen functional groups attached to an aromatic ring is 1. The Morgan fingerprint density at radius 1 is 1.27 bits per heavy atom. The summed E-state index contributed by atoms with van der Waals surface area (Å²) in [6.07, 6.45) is 3.07. The fraction of sp³-hybridized carbons (Fsp3) is 0.412. The van der Waals surface area contributed by atoms with Crippen molar-refractivity contribution in [1.82, 2.24) is 14.9 Å². The number of nitrogens with zero attached hydrogens (tertiary/aromatic N) is 2. The van der Waals surface area contributed by atoms with Crippen molar-refractivity contribution in [2.45, 2.75) is 39.3 Å². The molecule has 0 radical (unpaired) electrons. The first kappa shape index (κ1) is 14.8. The molecule has 0 spiro atoms. The van der Waals surface area contributed by atoms with Crippen LogP contribution in [0.1, 0.15) is 35.7 Å². The summed E-state index contributed by atoms with van der Waals surface area (Å²) in [5, 5.41) is 0. The molecule has 0 bridgehead atoms. The van der Waals surface area contributed by atoms with E-state index in [1.165, 1.54) is 17.5 Å². The van der Waals surface area contributed by atoms with Gasteiger partial charge in [-0.15, -0.1) is 0 Å². The second kappa shape index (κ2) is 6.32. The number of hydrogen-bond donors (Lipinski definition) is 2. The normalized spacial score (nSPS) is 14.8. The number of nitrogens with one attached hydrogen (secondary N) is 1. The number of anilines is 1. The average molecular weight is 298 g/mol. The number of aromatic amines is 1. The van der Waals surface area contributed by atoms with Gasteiger partial charge in [-0.25, -0.2) is 4.98 Å². The van der Waals surface area contributed by atoms with Crippen molar-refractivity contribution in [2.24, 2.45) is 0 Å². The zero-order valence-corrected chi connectivity index (χ0v) is 12.9. The van der Waals surface area contributed by atoms with Gasteiger partial charge >= 0.3 is 0 Å². The molecule has 2 heterocycles. The molecule has 0 fully saturated rings. The lowest BCUT2D eigenvalue weighted by molar-refractivity contribution is 0.242. The third-order valence-corrected chi connectivity index (χ3v) is 4.13. The molecule has 0 aliphatic carbocycles. The molecule has 0 atom stereocenters. The first-order valence-corrected chi connectivity index (χ1v) is 7.83. The highest BCUT2D eigenvalue weighted by atomic mass is 16.1. The number of rotatable bonds is 4. The summed E-state index contributed by atoms with van der Waals surface area (Å²) in [4.78, 5) is 21.1. The highest BCUT2D eigenvalue weighted by molar-refractivity contribution is 5.28. The summed E-state index contributed by atoms with van der Waals surface area (Å²) in [6, 6.07) is 8.77. The molecule has 22 heavy (non-hydrogen) atoms. The minimum absolute atomic E-state index is 0.106. The highest BCUT2D eigenvalue weighted by Gasteiger charge is 2.20. The van der Waals surface area contributed by atoms with Crippen LogP contribution in [0.5, 0.6) is 0 Å². The Morgan fingerprint density at radius 3 is 2.73 bits per heavy atom. The zero-order valence-electron chi connectivity index (χ0n) is 12.9. The van der Waals surface area contributed by atoms with Gasteiger partial charge in [-0.3, -0.25) is 14.7 Å². The quantitative estimate of drug-likeness (QED) is 0.903. The molecule has 0 saturated carbocycles. The van der Waals surface area contributed by atoms with Crippen LogP contribution in [0.25, 0.3) is 0 Å². The van der Waals surface area contributed by atoms with E-state index in [4.69, 9.17) is 5.73 Å². The van der Waals surface area contributed by atoms with Crippen molar-refractivity contribution in [2.75, 3.05) is 12.3 Å². The van der Waals surface area contributed by atoms with Gasteiger partial charge in [0.05, 0.1) is 11.3 Å². The van der Waals surface area contributed by atoms with Gasteiger partial charge in [-0.05, 0) is 17.5 Å². The molecule has 0 amide bonds. The lowest BCUT2D eigenvalue weighted by atomic mass is 10.0. The molecule has 1 aromatic heterocycles. The van der Waals surface area contributed by atoms with Gasteiger partial charge in [0, 0.05) is 26.1 Å². The Kier molecular flexibility index (Phi) is 4.24. The van der Waals surface area contributed by atoms with E-state index in [1.807, 2.05) is 0 Å². The van der Waals surface area contributed by atoms with E-state index >= 15 is 0 Å². The SMILES string of the molecule is CCCc1ccc(CN2CCc3nc(N)[nH]c(=O)c3C2)cc1. The second-order valence-corrected chi connectivity index (χ2v) is 5.90. The summed E-state index contributed by atoms with van der Waals surface area (Å²) in [5.74, 6) is 0.212. The maximum Gasteiger partial charge on any atom is 0.257 e. The fourth-order valence-electron chi connectivity index (χ4n) is 2.99. The predicted octanol–water partition coefficient (Wildman–Crippen LogP) is 1.86. The fourth-order valence-corrected chi connectivity index (χ4v) is 2.99. The summed E-state index contributed by atoms with van der Waals surface area (Å²) in [7, 11) is 0. The second-order valence-electron chi connectivity index (χ2n) is 5.90. The molecular formula is C17H22N4O. The summed E-state index contributed by atoms with van der Waals surface area (Å²) in [5.41, 5.74) is 9.75. The van der Waals surface area contributed by atoms with Crippen molar-refractivity contribution in [3.05, 3.63) is 57.0 Å². The minimum Gasteiger partial charge on any atom is -0.369 e. The standard InChI is InChI=1S/C17H22N4O/c1-2-3-12-4-6-13(7-5-12)10-21-9-8-15-14(11-21)16(22)20-17(18)19-15/h4-7H,2-3,8-11H2,1H3,(H3,18,19,20,22). The van der Waals surface area contributed by atoms with Crippen molar-refractivity contribution in [1.29, 1.82) is 0 Å². The molecule has 1 aliphatic rings. The van der Waals surface area contributed by atoms with Gasteiger partial charge in [0.25, 0.3) is 5.56 Å². The number of hydrogen-bond acceptors (Lipinski definition) is 4. The van der Waals surface area contributed by atoms with Gasteiger partial charge in [0.15, 0.2) is 0 Å². The van der Waals surface area contributed by atoms with Crippen molar-refractivity contribution in [3.63, 3.8) is 0 Å². The molecule has 1 aliphatic heterocycles. The molecule has 0 unspecified atom stereocenters. The van der Waals surface area contributed by atoms with Crippen LogP contribution in [0, 0.1) is 0 Å². The summed E-state index contributed by atoms with van der Waals surface area (Å²) in [6.45, 7) is 4.58. The molecule has 0 saturated heterocycles. The molecule has 3 rings (SSSR count). The summed E-state index contributed by atoms with van der Waals surface area (Å²) >= 11 is 0. The van der Waals surface area contributed by atoms with E-state index in [0.717, 1.165) is 37.2 Å². The third kappa shape index (κ3) is 3.20. The van der Waals surface area contributed by atoms with Crippen LogP contribution in [0.4, 0.5) is 5.95 Å². The number of benzene rings is 1. The first-order valence-electron chi connectivity index (χ1n) is 7.83. The van der Waals surface area contributed by atoms with Gasteiger partial charge in [-0.2, -0.15) is 0 Å². The predicted molar refractivity (Wildman–Crippen MR) is 87.5 cm³/mol. The average Bonchev–Trinajstić information content (AvgIpc) is 2.50. The van der Waals surface area contributed by atoms with Crippen LogP contribution < -0.4 is 11.3 Å². The number of fused-ring (bicyclic) bond motifs is 1. The van der Waals surface area contributed by atoms with E-state index < -0.39 is 0 Å². The third-order valence-electron chi connectivity index (χ3n) is 4.13. The Hall–Kier alpha value is -2.14. The van der Waals surface area contributed by atoms with E-state index in [0.29, 0.717) is 6.54 Å². The number of H-pyrrole nitrogens is 1. The highest BCUT2D eigenvalue weighted by Crippen LogP contribution is 2.17. The van der Waals surface area contributed by atoms with Crippen molar-refractivity contribution in [3.8, 4) is 0 Å². The Morgan fingerprint density at radius 2 is 2.00 bits per heavy atom. The van der Waals surface area contributed by atoms with Crippen LogP contribution in [-0.2, 0) is 25.9 Å². The van der Waals surface area contributed by atoms with Crippen LogP contribution in [0.15, 0.2) is 29.1 Å². The molecule has 116 valence electrons. The number of aromatic nitrogens is 2. The monoisotopic (exact) mass is 298 g/mol. The van der Waals surface area contributed by atoms with E-state index in [9.17, 15) is 4.79 Å². The van der Waals surface area contributed by atoms with E-state index in [2.05, 4.69) is 46.1 Å². The summed E-state index contributed by atoms with van der Waals surface area (Å²) < 4.78 is 0. The van der Waals surface area contributed by atoms with Crippen molar-refractivity contribution < 1.29 is 0 Å². The van der Waals surface area contributed by atoms with Crippen LogP contribution in [0.2, 0.25) is 0 Å². The van der Waals surface area contributed by atoms with Crippen LogP contribution in [0.3, 0.4) is 0 Å². The van der Waals surface area contributed by atoms with Gasteiger partial charge in [-0.1, -0.05) is 37.6 Å². The minimum atomic E-state index is -0.106. The Bertz CT molecular complexity index is 706. The van der Waals surface area contributed by atoms with Gasteiger partial charge in [0.2, 0.25) is 5.95 Å². The van der Waals surface area contributed by atoms with Gasteiger partial charge < -0.3 is 5.73 Å². The number of aryl methyl sites for hydroxylation is 1. The molecule has 2 aromatic rings. The maximum atomic E-state index is 12.0. The van der Waals surface area contributed by atoms with Crippen LogP contribution >= 0.6 is 0 Å². The molecule has 5 nitrogen and oxygen atoms in total. The first-order chi connectivity index (χ1) is 10.7. The molecule has 5 heteroatoms. The van der Waals surface area contributed by atoms with Crippen LogP contribution in [-0.4, -0.2) is 21.4 Å². The smallest absolute Gasteiger partial charge is 0.257 e. The van der Waals surface area contributed by atoms with Gasteiger partial charge in [0.1, 0.15) is 0 Å². The Balaban J connectivity index is 1.71. The molecular weight excluding hydrogens is 276 g/mol. The molecule has 1 aromatic carbocycles. The lowest BCUT2D eigenvalue weighted by Crippen LogP contribution is -2.35. The molecule has 3 N–H and O–H groups in total. The largest absolute Gasteiger partial charge is 0.369 e. The lowest BCUT2D eigenvalue weighted by Gasteiger charge is -2.27. The van der Waals surface area contributed by atoms with E-state index in [-0.39, 0.29) is 11.5 Å². The topological polar surface area (TPSA) is 75.0 Å². The Labute approximate surface area is 130 Å². The number of nitrogens with two attached hydrogens (primary N) is 1. The van der Waals surface area contributed by atoms with Crippen molar-refractivity contribution >= 4 is 5.95 Å². The van der Waals surface area contributed by atoms with E-state index in [1.54, 1.807) is 0 Å².